The minimum atomic E-state index is 0.0949. The van der Waals surface area contributed by atoms with Gasteiger partial charge in [-0.3, -0.25) is 0 Å². The summed E-state index contributed by atoms with van der Waals surface area (Å²) in [6, 6.07) is 0.0949. The fourth-order valence-corrected chi connectivity index (χ4v) is 3.33. The second-order valence-electron chi connectivity index (χ2n) is 5.58. The first-order valence-electron chi connectivity index (χ1n) is 7.02. The number of rotatable bonds is 3. The van der Waals surface area contributed by atoms with Gasteiger partial charge in [0.2, 0.25) is 0 Å². The lowest BCUT2D eigenvalue weighted by Gasteiger charge is -2.24. The highest BCUT2D eigenvalue weighted by Gasteiger charge is 2.24. The van der Waals surface area contributed by atoms with Gasteiger partial charge in [-0.15, -0.1) is 10.2 Å². The van der Waals surface area contributed by atoms with Crippen molar-refractivity contribution in [3.05, 3.63) is 11.6 Å². The van der Waals surface area contributed by atoms with Crippen LogP contribution in [0.1, 0.15) is 62.6 Å². The third-order valence-corrected chi connectivity index (χ3v) is 4.28. The van der Waals surface area contributed by atoms with E-state index in [2.05, 4.69) is 14.8 Å². The maximum Gasteiger partial charge on any atom is 0.149 e. The van der Waals surface area contributed by atoms with E-state index in [1.165, 1.54) is 38.5 Å². The molecule has 4 heteroatoms. The number of nitrogens with two attached hydrogens (primary N) is 1. The summed E-state index contributed by atoms with van der Waals surface area (Å²) in [7, 11) is 0. The SMILES string of the molecule is NC(CC1CCCCC1)c1nnc2n1CCC2. The molecule has 17 heavy (non-hydrogen) atoms. The molecule has 4 nitrogen and oxygen atoms in total. The van der Waals surface area contributed by atoms with Crippen molar-refractivity contribution >= 4 is 0 Å². The van der Waals surface area contributed by atoms with E-state index in [0.717, 1.165) is 37.0 Å². The van der Waals surface area contributed by atoms with Gasteiger partial charge in [-0.2, -0.15) is 0 Å². The Morgan fingerprint density at radius 3 is 2.82 bits per heavy atom. The van der Waals surface area contributed by atoms with Crippen LogP contribution in [0.4, 0.5) is 0 Å². The summed E-state index contributed by atoms with van der Waals surface area (Å²) in [5, 5.41) is 8.54. The van der Waals surface area contributed by atoms with E-state index in [1.54, 1.807) is 0 Å². The molecule has 0 aromatic carbocycles. The molecule has 3 rings (SSSR count). The van der Waals surface area contributed by atoms with Gasteiger partial charge >= 0.3 is 0 Å². The molecule has 0 spiro atoms. The maximum atomic E-state index is 6.32. The molecule has 1 aromatic heterocycles. The monoisotopic (exact) mass is 234 g/mol. The Morgan fingerprint density at radius 2 is 2.00 bits per heavy atom. The number of aryl methyl sites for hydroxylation is 1. The topological polar surface area (TPSA) is 56.7 Å². The van der Waals surface area contributed by atoms with Crippen molar-refractivity contribution in [1.29, 1.82) is 0 Å². The Bertz CT molecular complexity index is 379. The van der Waals surface area contributed by atoms with Crippen LogP contribution in [0.15, 0.2) is 0 Å². The van der Waals surface area contributed by atoms with Gasteiger partial charge in [-0.1, -0.05) is 32.1 Å². The number of nitrogens with zero attached hydrogens (tertiary/aromatic N) is 3. The predicted octanol–water partition coefficient (Wildman–Crippen LogP) is 2.19. The molecule has 2 aliphatic rings. The minimum absolute atomic E-state index is 0.0949. The van der Waals surface area contributed by atoms with Gasteiger partial charge in [0.05, 0.1) is 6.04 Å². The molecule has 94 valence electrons. The van der Waals surface area contributed by atoms with E-state index in [0.29, 0.717) is 0 Å². The largest absolute Gasteiger partial charge is 0.321 e. The Morgan fingerprint density at radius 1 is 1.18 bits per heavy atom. The highest BCUT2D eigenvalue weighted by Crippen LogP contribution is 2.31. The van der Waals surface area contributed by atoms with E-state index in [1.807, 2.05) is 0 Å². The summed E-state index contributed by atoms with van der Waals surface area (Å²) in [6.45, 7) is 1.07. The molecule has 1 aromatic rings. The van der Waals surface area contributed by atoms with Crippen LogP contribution in [0.2, 0.25) is 0 Å². The van der Waals surface area contributed by atoms with Gasteiger partial charge in [-0.05, 0) is 18.8 Å². The van der Waals surface area contributed by atoms with Crippen molar-refractivity contribution in [2.45, 2.75) is 64.0 Å². The predicted molar refractivity (Wildman–Crippen MR) is 66.5 cm³/mol. The van der Waals surface area contributed by atoms with E-state index in [4.69, 9.17) is 5.73 Å². The van der Waals surface area contributed by atoms with Crippen molar-refractivity contribution in [3.8, 4) is 0 Å². The summed E-state index contributed by atoms with van der Waals surface area (Å²) in [5.74, 6) is 2.98. The first kappa shape index (κ1) is 11.2. The molecule has 0 radical (unpaired) electrons. The number of aromatic nitrogens is 3. The highest BCUT2D eigenvalue weighted by molar-refractivity contribution is 5.04. The van der Waals surface area contributed by atoms with Crippen LogP contribution in [-0.2, 0) is 13.0 Å². The zero-order valence-electron chi connectivity index (χ0n) is 10.4. The molecule has 1 unspecified atom stereocenters. The summed E-state index contributed by atoms with van der Waals surface area (Å²) < 4.78 is 2.24. The summed E-state index contributed by atoms with van der Waals surface area (Å²) in [6.07, 6.45) is 10.3. The second kappa shape index (κ2) is 4.77. The van der Waals surface area contributed by atoms with Crippen molar-refractivity contribution in [3.63, 3.8) is 0 Å². The summed E-state index contributed by atoms with van der Waals surface area (Å²) >= 11 is 0. The fraction of sp³-hybridized carbons (Fsp3) is 0.846. The lowest BCUT2D eigenvalue weighted by Crippen LogP contribution is -2.21. The van der Waals surface area contributed by atoms with Gasteiger partial charge < -0.3 is 10.3 Å². The van der Waals surface area contributed by atoms with E-state index in [-0.39, 0.29) is 6.04 Å². The van der Waals surface area contributed by atoms with Crippen LogP contribution in [0.5, 0.6) is 0 Å². The Balaban J connectivity index is 1.66. The smallest absolute Gasteiger partial charge is 0.149 e. The van der Waals surface area contributed by atoms with E-state index in [9.17, 15) is 0 Å². The molecule has 2 heterocycles. The van der Waals surface area contributed by atoms with Crippen LogP contribution in [-0.4, -0.2) is 14.8 Å². The quantitative estimate of drug-likeness (QED) is 0.872. The lowest BCUT2D eigenvalue weighted by molar-refractivity contribution is 0.313. The van der Waals surface area contributed by atoms with Gasteiger partial charge in [0.15, 0.2) is 0 Å². The highest BCUT2D eigenvalue weighted by atomic mass is 15.3. The Kier molecular flexibility index (Phi) is 3.14. The van der Waals surface area contributed by atoms with Gasteiger partial charge in [0.25, 0.3) is 0 Å². The molecular formula is C13H22N4. The minimum Gasteiger partial charge on any atom is -0.321 e. The van der Waals surface area contributed by atoms with Crippen molar-refractivity contribution in [2.24, 2.45) is 11.7 Å². The van der Waals surface area contributed by atoms with Crippen molar-refractivity contribution < 1.29 is 0 Å². The number of hydrogen-bond donors (Lipinski definition) is 1. The van der Waals surface area contributed by atoms with Crippen LogP contribution >= 0.6 is 0 Å². The zero-order valence-corrected chi connectivity index (χ0v) is 10.4. The molecule has 0 amide bonds. The van der Waals surface area contributed by atoms with E-state index < -0.39 is 0 Å². The lowest BCUT2D eigenvalue weighted by atomic mass is 9.85. The summed E-state index contributed by atoms with van der Waals surface area (Å²) in [5.41, 5.74) is 6.32. The maximum absolute atomic E-state index is 6.32. The zero-order chi connectivity index (χ0) is 11.7. The third-order valence-electron chi connectivity index (χ3n) is 4.28. The molecule has 1 aliphatic carbocycles. The molecule has 1 saturated carbocycles. The number of hydrogen-bond acceptors (Lipinski definition) is 3. The molecule has 0 saturated heterocycles. The Hall–Kier alpha value is -0.900. The third kappa shape index (κ3) is 2.23. The fourth-order valence-electron chi connectivity index (χ4n) is 3.33. The van der Waals surface area contributed by atoms with Gasteiger partial charge in [-0.25, -0.2) is 0 Å². The average Bonchev–Trinajstić information content (AvgIpc) is 2.91. The molecule has 1 fully saturated rings. The van der Waals surface area contributed by atoms with Crippen LogP contribution in [0.25, 0.3) is 0 Å². The first-order valence-corrected chi connectivity index (χ1v) is 7.02. The van der Waals surface area contributed by atoms with Gasteiger partial charge in [0, 0.05) is 13.0 Å². The molecular weight excluding hydrogens is 212 g/mol. The van der Waals surface area contributed by atoms with Crippen molar-refractivity contribution in [2.75, 3.05) is 0 Å². The Labute approximate surface area is 103 Å². The summed E-state index contributed by atoms with van der Waals surface area (Å²) in [4.78, 5) is 0. The van der Waals surface area contributed by atoms with Gasteiger partial charge in [0.1, 0.15) is 11.6 Å². The molecule has 1 aliphatic heterocycles. The average molecular weight is 234 g/mol. The molecule has 1 atom stereocenters. The first-order chi connectivity index (χ1) is 8.34. The normalized spacial score (nSPS) is 22.6. The second-order valence-corrected chi connectivity index (χ2v) is 5.58. The van der Waals surface area contributed by atoms with E-state index >= 15 is 0 Å². The standard InChI is InChI=1S/C13H22N4/c14-11(9-10-5-2-1-3-6-10)13-16-15-12-7-4-8-17(12)13/h10-11H,1-9,14H2. The van der Waals surface area contributed by atoms with Crippen LogP contribution in [0.3, 0.4) is 0 Å². The van der Waals surface area contributed by atoms with Crippen LogP contribution < -0.4 is 5.73 Å². The number of fused-ring (bicyclic) bond motifs is 1. The van der Waals surface area contributed by atoms with Crippen molar-refractivity contribution in [1.82, 2.24) is 14.8 Å². The van der Waals surface area contributed by atoms with Crippen LogP contribution in [0, 0.1) is 5.92 Å². The molecule has 2 N–H and O–H groups in total. The molecule has 0 bridgehead atoms.